The monoisotopic (exact) mass is 322 g/mol. The van der Waals surface area contributed by atoms with E-state index in [9.17, 15) is 0 Å². The van der Waals surface area contributed by atoms with Gasteiger partial charge in [-0.1, -0.05) is 91.4 Å². The molecule has 1 aromatic carbocycles. The van der Waals surface area contributed by atoms with Gasteiger partial charge in [0.15, 0.2) is 0 Å². The van der Waals surface area contributed by atoms with Crippen molar-refractivity contribution in [2.24, 2.45) is 0 Å². The predicted octanol–water partition coefficient (Wildman–Crippen LogP) is 6.39. The van der Waals surface area contributed by atoms with Crippen LogP contribution < -0.4 is 0 Å². The number of benzene rings is 1. The first-order valence-corrected chi connectivity index (χ1v) is 8.77. The molecule has 0 fully saturated rings. The van der Waals surface area contributed by atoms with Crippen LogP contribution >= 0.6 is 15.9 Å². The fourth-order valence-corrected chi connectivity index (χ4v) is 2.83. The molecule has 1 aromatic rings. The molecule has 1 rings (SSSR count). The highest BCUT2D eigenvalue weighted by Crippen LogP contribution is 2.15. The van der Waals surface area contributed by atoms with Crippen LogP contribution in [0.4, 0.5) is 0 Å². The van der Waals surface area contributed by atoms with E-state index in [2.05, 4.69) is 46.8 Å². The van der Waals surface area contributed by atoms with Crippen LogP contribution in [0.15, 0.2) is 30.8 Å². The van der Waals surface area contributed by atoms with Crippen molar-refractivity contribution in [3.8, 4) is 0 Å². The molecule has 0 nitrogen and oxygen atoms in total. The molecular weight excluding hydrogens is 296 g/mol. The SMILES string of the molecule is C=Cc1ccccc1CCCCCCCCCCBr. The zero-order valence-corrected chi connectivity index (χ0v) is 13.6. The number of hydrogen-bond acceptors (Lipinski definition) is 0. The van der Waals surface area contributed by atoms with Crippen molar-refractivity contribution in [2.45, 2.75) is 57.8 Å². The molecule has 0 radical (unpaired) electrons. The second-order valence-corrected chi connectivity index (χ2v) is 5.96. The van der Waals surface area contributed by atoms with Crippen molar-refractivity contribution in [3.05, 3.63) is 42.0 Å². The lowest BCUT2D eigenvalue weighted by atomic mass is 10.0. The molecule has 0 heterocycles. The molecule has 0 aliphatic heterocycles. The first kappa shape index (κ1) is 16.5. The van der Waals surface area contributed by atoms with E-state index in [1.54, 1.807) is 0 Å². The number of unbranched alkanes of at least 4 members (excludes halogenated alkanes) is 7. The smallest absolute Gasteiger partial charge is 0.00313 e. The molecule has 0 aliphatic carbocycles. The average molecular weight is 323 g/mol. The van der Waals surface area contributed by atoms with Crippen LogP contribution in [0.25, 0.3) is 6.08 Å². The lowest BCUT2D eigenvalue weighted by Gasteiger charge is -2.06. The standard InChI is InChI=1S/C18H27Br/c1-2-17-13-10-11-15-18(17)14-9-7-5-3-4-6-8-12-16-19/h2,10-11,13,15H,1,3-9,12,14,16H2. The molecule has 1 heteroatoms. The largest absolute Gasteiger partial charge is 0.0985 e. The van der Waals surface area contributed by atoms with E-state index in [1.807, 2.05) is 6.08 Å². The van der Waals surface area contributed by atoms with Gasteiger partial charge in [0.2, 0.25) is 0 Å². The summed E-state index contributed by atoms with van der Waals surface area (Å²) < 4.78 is 0. The maximum atomic E-state index is 3.88. The minimum absolute atomic E-state index is 1.16. The molecule has 0 amide bonds. The van der Waals surface area contributed by atoms with Crippen LogP contribution in [0.5, 0.6) is 0 Å². The van der Waals surface area contributed by atoms with Crippen LogP contribution in [0.2, 0.25) is 0 Å². The molecule has 0 saturated carbocycles. The molecule has 0 N–H and O–H groups in total. The van der Waals surface area contributed by atoms with Crippen LogP contribution in [0.3, 0.4) is 0 Å². The predicted molar refractivity (Wildman–Crippen MR) is 91.0 cm³/mol. The summed E-state index contributed by atoms with van der Waals surface area (Å²) in [6, 6.07) is 8.61. The van der Waals surface area contributed by atoms with Crippen molar-refractivity contribution in [1.29, 1.82) is 0 Å². The van der Waals surface area contributed by atoms with Crippen molar-refractivity contribution < 1.29 is 0 Å². The number of rotatable bonds is 11. The maximum absolute atomic E-state index is 3.88. The Morgan fingerprint density at radius 2 is 1.42 bits per heavy atom. The molecule has 0 aliphatic rings. The van der Waals surface area contributed by atoms with E-state index in [-0.39, 0.29) is 0 Å². The van der Waals surface area contributed by atoms with Crippen LogP contribution in [-0.2, 0) is 6.42 Å². The molecular formula is C18H27Br. The van der Waals surface area contributed by atoms with Crippen molar-refractivity contribution >= 4 is 22.0 Å². The molecule has 0 unspecified atom stereocenters. The van der Waals surface area contributed by atoms with Gasteiger partial charge in [-0.3, -0.25) is 0 Å². The third-order valence-corrected chi connectivity index (χ3v) is 4.17. The van der Waals surface area contributed by atoms with Crippen molar-refractivity contribution in [2.75, 3.05) is 5.33 Å². The topological polar surface area (TPSA) is 0 Å². The van der Waals surface area contributed by atoms with Crippen LogP contribution in [0, 0.1) is 0 Å². The Kier molecular flexibility index (Phi) is 9.79. The molecule has 19 heavy (non-hydrogen) atoms. The first-order chi connectivity index (χ1) is 9.38. The van der Waals surface area contributed by atoms with Gasteiger partial charge in [-0.15, -0.1) is 0 Å². The summed E-state index contributed by atoms with van der Waals surface area (Å²) in [6.07, 6.45) is 14.2. The minimum atomic E-state index is 1.16. The highest BCUT2D eigenvalue weighted by atomic mass is 79.9. The second kappa shape index (κ2) is 11.3. The third-order valence-electron chi connectivity index (χ3n) is 3.60. The molecule has 0 saturated heterocycles. The summed E-state index contributed by atoms with van der Waals surface area (Å²) in [5, 5.41) is 1.16. The van der Waals surface area contributed by atoms with Gasteiger partial charge >= 0.3 is 0 Å². The molecule has 0 spiro atoms. The normalized spacial score (nSPS) is 10.6. The Morgan fingerprint density at radius 3 is 2.05 bits per heavy atom. The van der Waals surface area contributed by atoms with Gasteiger partial charge in [0, 0.05) is 5.33 Å². The van der Waals surface area contributed by atoms with Gasteiger partial charge in [-0.2, -0.15) is 0 Å². The zero-order valence-electron chi connectivity index (χ0n) is 12.0. The first-order valence-electron chi connectivity index (χ1n) is 7.65. The van der Waals surface area contributed by atoms with E-state index in [4.69, 9.17) is 0 Å². The molecule has 0 aromatic heterocycles. The summed E-state index contributed by atoms with van der Waals surface area (Å²) in [7, 11) is 0. The Hall–Kier alpha value is -0.560. The Morgan fingerprint density at radius 1 is 0.842 bits per heavy atom. The van der Waals surface area contributed by atoms with Gasteiger partial charge in [-0.05, 0) is 30.4 Å². The highest BCUT2D eigenvalue weighted by Gasteiger charge is 1.98. The summed E-state index contributed by atoms with van der Waals surface area (Å²) in [5.41, 5.74) is 2.76. The summed E-state index contributed by atoms with van der Waals surface area (Å²) in [5.74, 6) is 0. The zero-order chi connectivity index (χ0) is 13.8. The fourth-order valence-electron chi connectivity index (χ4n) is 2.43. The van der Waals surface area contributed by atoms with Crippen LogP contribution in [0.1, 0.15) is 62.5 Å². The van der Waals surface area contributed by atoms with E-state index in [0.717, 1.165) is 5.33 Å². The van der Waals surface area contributed by atoms with Gasteiger partial charge in [0.05, 0.1) is 0 Å². The third kappa shape index (κ3) is 7.57. The van der Waals surface area contributed by atoms with Crippen molar-refractivity contribution in [3.63, 3.8) is 0 Å². The lowest BCUT2D eigenvalue weighted by molar-refractivity contribution is 0.577. The fraction of sp³-hybridized carbons (Fsp3) is 0.556. The minimum Gasteiger partial charge on any atom is -0.0985 e. The van der Waals surface area contributed by atoms with E-state index in [1.165, 1.54) is 68.9 Å². The second-order valence-electron chi connectivity index (χ2n) is 5.17. The summed E-state index contributed by atoms with van der Waals surface area (Å²) in [6.45, 7) is 3.88. The number of alkyl halides is 1. The number of halogens is 1. The Labute approximate surface area is 127 Å². The van der Waals surface area contributed by atoms with Crippen molar-refractivity contribution in [1.82, 2.24) is 0 Å². The number of aryl methyl sites for hydroxylation is 1. The highest BCUT2D eigenvalue weighted by molar-refractivity contribution is 9.09. The summed E-state index contributed by atoms with van der Waals surface area (Å²) in [4.78, 5) is 0. The van der Waals surface area contributed by atoms with E-state index >= 15 is 0 Å². The van der Waals surface area contributed by atoms with Gasteiger partial charge in [0.1, 0.15) is 0 Å². The Balaban J connectivity index is 2.03. The maximum Gasteiger partial charge on any atom is 0.00313 e. The quantitative estimate of drug-likeness (QED) is 0.327. The molecule has 0 atom stereocenters. The van der Waals surface area contributed by atoms with Gasteiger partial charge in [0.25, 0.3) is 0 Å². The van der Waals surface area contributed by atoms with Crippen LogP contribution in [-0.4, -0.2) is 5.33 Å². The summed E-state index contributed by atoms with van der Waals surface area (Å²) >= 11 is 3.48. The lowest BCUT2D eigenvalue weighted by Crippen LogP contribution is -1.90. The average Bonchev–Trinajstić information content (AvgIpc) is 2.46. The molecule has 106 valence electrons. The Bertz CT molecular complexity index is 343. The van der Waals surface area contributed by atoms with Gasteiger partial charge < -0.3 is 0 Å². The van der Waals surface area contributed by atoms with E-state index < -0.39 is 0 Å². The number of hydrogen-bond donors (Lipinski definition) is 0. The molecule has 0 bridgehead atoms. The van der Waals surface area contributed by atoms with Gasteiger partial charge in [-0.25, -0.2) is 0 Å². The van der Waals surface area contributed by atoms with E-state index in [0.29, 0.717) is 0 Å².